The minimum absolute atomic E-state index is 0.0154. The van der Waals surface area contributed by atoms with Crippen molar-refractivity contribution in [1.29, 1.82) is 0 Å². The summed E-state index contributed by atoms with van der Waals surface area (Å²) in [5.41, 5.74) is 2.86. The molecule has 11 heteroatoms. The van der Waals surface area contributed by atoms with Crippen molar-refractivity contribution in [2.45, 2.75) is 38.8 Å². The molecule has 11 nitrogen and oxygen atoms in total. The quantitative estimate of drug-likeness (QED) is 0.158. The second kappa shape index (κ2) is 17.2. The van der Waals surface area contributed by atoms with E-state index in [1.807, 2.05) is 48.5 Å². The lowest BCUT2D eigenvalue weighted by Crippen LogP contribution is -2.56. The van der Waals surface area contributed by atoms with Crippen LogP contribution in [0.15, 0.2) is 67.0 Å². The summed E-state index contributed by atoms with van der Waals surface area (Å²) in [6.45, 7) is 9.21. The number of ether oxygens (including phenoxy) is 4. The van der Waals surface area contributed by atoms with E-state index in [9.17, 15) is 14.4 Å². The normalized spacial score (nSPS) is 16.4. The first kappa shape index (κ1) is 33.5. The van der Waals surface area contributed by atoms with Crippen molar-refractivity contribution in [3.8, 4) is 11.5 Å². The number of hydrogen-bond donors (Lipinski definition) is 2. The summed E-state index contributed by atoms with van der Waals surface area (Å²) in [5.74, 6) is 1.82. The van der Waals surface area contributed by atoms with E-state index in [2.05, 4.69) is 17.2 Å². The van der Waals surface area contributed by atoms with Gasteiger partial charge >= 0.3 is 0 Å². The van der Waals surface area contributed by atoms with Gasteiger partial charge in [0.2, 0.25) is 17.7 Å². The maximum atomic E-state index is 12.8. The predicted molar refractivity (Wildman–Crippen MR) is 171 cm³/mol. The van der Waals surface area contributed by atoms with Crippen molar-refractivity contribution in [3.63, 3.8) is 0 Å². The van der Waals surface area contributed by atoms with Crippen LogP contribution in [0.2, 0.25) is 0 Å². The molecule has 0 bridgehead atoms. The van der Waals surface area contributed by atoms with E-state index < -0.39 is 0 Å². The van der Waals surface area contributed by atoms with Crippen LogP contribution in [0, 0.1) is 0 Å². The first-order chi connectivity index (χ1) is 21.9. The summed E-state index contributed by atoms with van der Waals surface area (Å²) < 4.78 is 22.9. The molecule has 0 unspecified atom stereocenters. The maximum absolute atomic E-state index is 12.8. The number of carbonyl (C=O) groups excluding carboxylic acids is 3. The van der Waals surface area contributed by atoms with E-state index in [0.717, 1.165) is 22.6 Å². The Kier molecular flexibility index (Phi) is 12.8. The van der Waals surface area contributed by atoms with Crippen LogP contribution in [-0.4, -0.2) is 88.3 Å². The van der Waals surface area contributed by atoms with Gasteiger partial charge in [-0.15, -0.1) is 0 Å². The van der Waals surface area contributed by atoms with Gasteiger partial charge in [-0.1, -0.05) is 36.9 Å². The van der Waals surface area contributed by atoms with E-state index in [1.54, 1.807) is 23.0 Å². The molecule has 0 aliphatic carbocycles. The van der Waals surface area contributed by atoms with Gasteiger partial charge in [-0.25, -0.2) is 0 Å². The van der Waals surface area contributed by atoms with Crippen molar-refractivity contribution < 1.29 is 33.3 Å². The van der Waals surface area contributed by atoms with Crippen LogP contribution in [0.4, 0.5) is 5.69 Å². The smallest absolute Gasteiger partial charge is 0.237 e. The third-order valence-corrected chi connectivity index (χ3v) is 7.60. The Balaban J connectivity index is 1.22. The highest BCUT2D eigenvalue weighted by molar-refractivity contribution is 5.96. The summed E-state index contributed by atoms with van der Waals surface area (Å²) in [5, 5.41) is 5.91. The van der Waals surface area contributed by atoms with E-state index in [0.29, 0.717) is 76.8 Å². The summed E-state index contributed by atoms with van der Waals surface area (Å²) >= 11 is 0. The van der Waals surface area contributed by atoms with Crippen molar-refractivity contribution in [2.75, 3.05) is 64.6 Å². The first-order valence-electron chi connectivity index (χ1n) is 15.3. The number of nitrogens with zero attached hydrogens (tertiary/aromatic N) is 2. The zero-order valence-corrected chi connectivity index (χ0v) is 26.2. The van der Waals surface area contributed by atoms with Crippen molar-refractivity contribution in [3.05, 3.63) is 78.1 Å². The van der Waals surface area contributed by atoms with E-state index in [-0.39, 0.29) is 36.9 Å². The Bertz CT molecular complexity index is 1360. The third kappa shape index (κ3) is 10.1. The molecular formula is C34H44N4O7. The van der Waals surface area contributed by atoms with Gasteiger partial charge in [-0.05, 0) is 30.2 Å². The lowest BCUT2D eigenvalue weighted by atomic mass is 10.0. The van der Waals surface area contributed by atoms with Crippen LogP contribution in [-0.2, 0) is 36.9 Å². The second-order valence-electron chi connectivity index (χ2n) is 10.9. The number of fused-ring (bicyclic) bond motifs is 1. The molecule has 0 spiro atoms. The van der Waals surface area contributed by atoms with Crippen molar-refractivity contribution in [2.24, 2.45) is 0 Å². The van der Waals surface area contributed by atoms with Gasteiger partial charge in [0.1, 0.15) is 23.9 Å². The molecule has 0 aromatic heterocycles. The number of rotatable bonds is 17. The summed E-state index contributed by atoms with van der Waals surface area (Å²) in [4.78, 5) is 40.2. The van der Waals surface area contributed by atoms with Crippen molar-refractivity contribution >= 4 is 23.4 Å². The molecule has 1 atom stereocenters. The fourth-order valence-electron chi connectivity index (χ4n) is 5.26. The molecule has 2 heterocycles. The number of hydrogen-bond acceptors (Lipinski definition) is 8. The molecule has 2 aliphatic rings. The predicted octanol–water partition coefficient (Wildman–Crippen LogP) is 2.98. The average Bonchev–Trinajstić information content (AvgIpc) is 3.03. The zero-order valence-electron chi connectivity index (χ0n) is 26.2. The van der Waals surface area contributed by atoms with Gasteiger partial charge in [-0.3, -0.25) is 14.4 Å². The minimum Gasteiger partial charge on any atom is -0.496 e. The van der Waals surface area contributed by atoms with E-state index in [1.165, 1.54) is 6.92 Å². The molecule has 1 saturated heterocycles. The summed E-state index contributed by atoms with van der Waals surface area (Å²) in [6.07, 6.45) is 5.45. The molecule has 2 aromatic rings. The Labute approximate surface area is 265 Å². The lowest BCUT2D eigenvalue weighted by Gasteiger charge is -2.35. The molecule has 1 fully saturated rings. The maximum Gasteiger partial charge on any atom is 0.237 e. The summed E-state index contributed by atoms with van der Waals surface area (Å²) in [7, 11) is 1.65. The number of nitrogens with one attached hydrogen (secondary N) is 2. The highest BCUT2D eigenvalue weighted by Gasteiger charge is 2.28. The van der Waals surface area contributed by atoms with Gasteiger partial charge < -0.3 is 39.4 Å². The molecule has 2 N–H and O–H groups in total. The Morgan fingerprint density at radius 2 is 1.98 bits per heavy atom. The number of aryl methyl sites for hydroxylation is 1. The van der Waals surface area contributed by atoms with Crippen LogP contribution in [0.3, 0.4) is 0 Å². The minimum atomic E-state index is -0.181. The van der Waals surface area contributed by atoms with Crippen LogP contribution in [0.25, 0.3) is 0 Å². The number of methoxy groups -OCH3 is 1. The standard InChI is InChI=1S/C34H44N4O7/c1-25(44-19-7-18-43-23-28-9-4-5-10-32(28)42-3)8-6-16-37-29(21-35-22-34(37)41)24-45-30-13-11-27-12-14-33(40)38(31(27)20-30)17-15-36-26(2)39/h4-6,8-11,13,20,29,35H,1,7,12,14-19,21-24H2,2-3H3,(H,36,39)/b8-6-/t29-/m1/s1. The van der Waals surface area contributed by atoms with Gasteiger partial charge in [0.15, 0.2) is 0 Å². The van der Waals surface area contributed by atoms with Gasteiger partial charge in [0, 0.05) is 57.6 Å². The fourth-order valence-corrected chi connectivity index (χ4v) is 5.26. The molecule has 2 aliphatic heterocycles. The number of para-hydroxylation sites is 1. The average molecular weight is 621 g/mol. The molecule has 0 saturated carbocycles. The van der Waals surface area contributed by atoms with E-state index in [4.69, 9.17) is 18.9 Å². The number of piperazine rings is 1. The monoisotopic (exact) mass is 620 g/mol. The Morgan fingerprint density at radius 3 is 2.80 bits per heavy atom. The highest BCUT2D eigenvalue weighted by atomic mass is 16.5. The summed E-state index contributed by atoms with van der Waals surface area (Å²) in [6, 6.07) is 13.3. The molecule has 4 rings (SSSR count). The number of allylic oxidation sites excluding steroid dienone is 1. The van der Waals surface area contributed by atoms with Crippen LogP contribution < -0.4 is 25.0 Å². The zero-order chi connectivity index (χ0) is 32.0. The topological polar surface area (TPSA) is 119 Å². The molecule has 0 radical (unpaired) electrons. The number of benzene rings is 2. The van der Waals surface area contributed by atoms with E-state index >= 15 is 0 Å². The van der Waals surface area contributed by atoms with Crippen molar-refractivity contribution in [1.82, 2.24) is 15.5 Å². The lowest BCUT2D eigenvalue weighted by molar-refractivity contribution is -0.135. The van der Waals surface area contributed by atoms with Gasteiger partial charge in [-0.2, -0.15) is 0 Å². The second-order valence-corrected chi connectivity index (χ2v) is 10.9. The van der Waals surface area contributed by atoms with Crippen LogP contribution in [0.1, 0.15) is 30.9 Å². The Hall–Kier alpha value is -4.35. The third-order valence-electron chi connectivity index (χ3n) is 7.60. The number of anilines is 1. The SMILES string of the molecule is C=C(/C=C\CN1C(=O)CNC[C@@H]1COc1ccc2c(c1)N(CCNC(C)=O)C(=O)CC2)OCCCOCc1ccccc1OC. The molecule has 45 heavy (non-hydrogen) atoms. The van der Waals surface area contributed by atoms with Crippen LogP contribution in [0.5, 0.6) is 11.5 Å². The highest BCUT2D eigenvalue weighted by Crippen LogP contribution is 2.31. The first-order valence-corrected chi connectivity index (χ1v) is 15.3. The number of amides is 3. The molecular weight excluding hydrogens is 576 g/mol. The molecule has 3 amide bonds. The van der Waals surface area contributed by atoms with Gasteiger partial charge in [0.25, 0.3) is 0 Å². The Morgan fingerprint density at radius 1 is 1.13 bits per heavy atom. The number of carbonyl (C=O) groups is 3. The largest absolute Gasteiger partial charge is 0.496 e. The fraction of sp³-hybridized carbons (Fsp3) is 0.441. The van der Waals surface area contributed by atoms with Gasteiger partial charge in [0.05, 0.1) is 45.2 Å². The van der Waals surface area contributed by atoms with Crippen LogP contribution >= 0.6 is 0 Å². The molecule has 242 valence electrons. The molecule has 2 aromatic carbocycles.